The van der Waals surface area contributed by atoms with Gasteiger partial charge >= 0.3 is 6.85 Å². The lowest BCUT2D eigenvalue weighted by atomic mass is 9.48. The lowest BCUT2D eigenvalue weighted by Crippen LogP contribution is -2.65. The summed E-state index contributed by atoms with van der Waals surface area (Å²) in [5.74, 6) is 0.991. The Kier molecular flexibility index (Phi) is 4.86. The predicted molar refractivity (Wildman–Crippen MR) is 140 cm³/mol. The van der Waals surface area contributed by atoms with Gasteiger partial charge in [0.1, 0.15) is 11.4 Å². The predicted octanol–water partition coefficient (Wildman–Crippen LogP) is 5.19. The van der Waals surface area contributed by atoms with Crippen molar-refractivity contribution in [3.05, 3.63) is 83.4 Å². The van der Waals surface area contributed by atoms with Crippen molar-refractivity contribution in [2.24, 2.45) is 5.41 Å². The molecule has 33 heavy (non-hydrogen) atoms. The third kappa shape index (κ3) is 3.17. The van der Waals surface area contributed by atoms with E-state index in [2.05, 4.69) is 124 Å². The maximum Gasteiger partial charge on any atom is 0.307 e. The Morgan fingerprint density at radius 1 is 0.848 bits per heavy atom. The summed E-state index contributed by atoms with van der Waals surface area (Å²) in [5.41, 5.74) is 4.68. The van der Waals surface area contributed by atoms with Crippen LogP contribution in [0.2, 0.25) is 6.82 Å². The van der Waals surface area contributed by atoms with Crippen LogP contribution in [0.1, 0.15) is 41.5 Å². The monoisotopic (exact) mass is 436 g/mol. The maximum absolute atomic E-state index is 4.86. The zero-order valence-corrected chi connectivity index (χ0v) is 20.8. The molecule has 0 fully saturated rings. The summed E-state index contributed by atoms with van der Waals surface area (Å²) >= 11 is 0. The van der Waals surface area contributed by atoms with Crippen molar-refractivity contribution in [1.82, 2.24) is 9.90 Å². The van der Waals surface area contributed by atoms with Gasteiger partial charge in [-0.15, -0.1) is 0 Å². The summed E-state index contributed by atoms with van der Waals surface area (Å²) in [4.78, 5) is 9.73. The van der Waals surface area contributed by atoms with E-state index in [9.17, 15) is 0 Å². The average Bonchev–Trinajstić information content (AvgIpc) is 3.00. The van der Waals surface area contributed by atoms with Gasteiger partial charge < -0.3 is 4.92 Å². The highest BCUT2D eigenvalue weighted by Crippen LogP contribution is 2.50. The van der Waals surface area contributed by atoms with Crippen molar-refractivity contribution in [3.8, 4) is 0 Å². The molecule has 168 valence electrons. The molecule has 1 aromatic heterocycles. The summed E-state index contributed by atoms with van der Waals surface area (Å²) in [6.45, 7) is 16.4. The van der Waals surface area contributed by atoms with Gasteiger partial charge in [0.15, 0.2) is 5.82 Å². The molecule has 3 aromatic rings. The summed E-state index contributed by atoms with van der Waals surface area (Å²) in [7, 11) is 0. The number of hydrogen-bond donors (Lipinski definition) is 0. The van der Waals surface area contributed by atoms with Gasteiger partial charge in [-0.2, -0.15) is 0 Å². The largest absolute Gasteiger partial charge is 0.326 e. The van der Waals surface area contributed by atoms with Gasteiger partial charge in [0.05, 0.1) is 0 Å². The molecular weight excluding hydrogens is 403 g/mol. The Morgan fingerprint density at radius 3 is 2.15 bits per heavy atom. The van der Waals surface area contributed by atoms with Crippen LogP contribution in [-0.4, -0.2) is 22.4 Å². The van der Waals surface area contributed by atoms with Crippen molar-refractivity contribution in [3.63, 3.8) is 0 Å². The topological polar surface area (TPSA) is 22.6 Å². The number of benzene rings is 2. The van der Waals surface area contributed by atoms with Crippen LogP contribution in [0.5, 0.6) is 0 Å². The van der Waals surface area contributed by atoms with Gasteiger partial charge in [-0.3, -0.25) is 9.91 Å². The quantitative estimate of drug-likeness (QED) is 0.516. The number of fused-ring (bicyclic) bond motifs is 2. The summed E-state index contributed by atoms with van der Waals surface area (Å²) in [5, 5.41) is 5.14. The van der Waals surface area contributed by atoms with E-state index in [1.807, 2.05) is 12.3 Å². The molecule has 2 aromatic carbocycles. The minimum absolute atomic E-state index is 0.0369. The van der Waals surface area contributed by atoms with E-state index in [1.54, 1.807) is 0 Å². The van der Waals surface area contributed by atoms with Gasteiger partial charge in [-0.1, -0.05) is 75.5 Å². The molecular formula is C28H33BN4. The third-order valence-electron chi connectivity index (χ3n) is 7.04. The second kappa shape index (κ2) is 7.41. The van der Waals surface area contributed by atoms with Gasteiger partial charge in [-0.05, 0) is 55.7 Å². The fourth-order valence-electron chi connectivity index (χ4n) is 5.92. The van der Waals surface area contributed by atoms with Crippen LogP contribution in [-0.2, 0) is 0 Å². The van der Waals surface area contributed by atoms with E-state index in [4.69, 9.17) is 4.98 Å². The molecule has 2 aliphatic heterocycles. The normalized spacial score (nSPS) is 17.4. The lowest BCUT2D eigenvalue weighted by Gasteiger charge is -2.51. The number of rotatable bonds is 2. The highest BCUT2D eigenvalue weighted by Gasteiger charge is 2.50. The zero-order valence-electron chi connectivity index (χ0n) is 20.8. The first-order chi connectivity index (χ1) is 15.6. The van der Waals surface area contributed by atoms with E-state index in [0.717, 1.165) is 17.2 Å². The molecule has 0 amide bonds. The summed E-state index contributed by atoms with van der Waals surface area (Å²) in [6.07, 6.45) is 1.90. The van der Waals surface area contributed by atoms with Crippen LogP contribution >= 0.6 is 0 Å². The number of aromatic nitrogens is 1. The fourth-order valence-corrected chi connectivity index (χ4v) is 5.92. The Balaban J connectivity index is 1.77. The highest BCUT2D eigenvalue weighted by atomic mass is 15.7. The molecule has 0 N–H and O–H groups in total. The Labute approximate surface area is 197 Å². The van der Waals surface area contributed by atoms with Crippen LogP contribution in [0, 0.1) is 5.41 Å². The van der Waals surface area contributed by atoms with E-state index in [1.165, 1.54) is 21.6 Å². The average molecular weight is 436 g/mol. The first kappa shape index (κ1) is 21.6. The molecule has 0 radical (unpaired) electrons. The number of pyridine rings is 1. The Morgan fingerprint density at radius 2 is 1.48 bits per heavy atom. The minimum Gasteiger partial charge on any atom is -0.326 e. The molecule has 0 saturated carbocycles. The van der Waals surface area contributed by atoms with Crippen LogP contribution in [0.4, 0.5) is 17.2 Å². The second-order valence-electron chi connectivity index (χ2n) is 10.6. The number of anilines is 3. The molecule has 0 saturated heterocycles. The maximum atomic E-state index is 4.86. The van der Waals surface area contributed by atoms with Crippen molar-refractivity contribution in [2.75, 3.05) is 9.91 Å². The van der Waals surface area contributed by atoms with Crippen LogP contribution < -0.4 is 20.3 Å². The van der Waals surface area contributed by atoms with E-state index in [-0.39, 0.29) is 17.9 Å². The van der Waals surface area contributed by atoms with Crippen LogP contribution in [0.15, 0.2) is 72.9 Å². The summed E-state index contributed by atoms with van der Waals surface area (Å²) < 4.78 is 0. The SMILES string of the molecule is CB1C(C(C)(C)C)=c2ccccc2=C(C)N1N1c2cccnc2N(c2ccccc2)C1(C)C. The minimum atomic E-state index is -0.358. The van der Waals surface area contributed by atoms with Gasteiger partial charge in [0, 0.05) is 22.8 Å². The van der Waals surface area contributed by atoms with Crippen molar-refractivity contribution in [1.29, 1.82) is 0 Å². The number of hydrogen-bond acceptors (Lipinski definition) is 4. The molecule has 5 heteroatoms. The van der Waals surface area contributed by atoms with E-state index in [0.29, 0.717) is 0 Å². The molecule has 0 aliphatic carbocycles. The molecule has 0 spiro atoms. The molecule has 2 aliphatic rings. The van der Waals surface area contributed by atoms with Gasteiger partial charge in [0.25, 0.3) is 0 Å². The zero-order chi connectivity index (χ0) is 23.5. The Bertz CT molecular complexity index is 1320. The number of nitrogens with zero attached hydrogens (tertiary/aromatic N) is 4. The number of hydrazine groups is 1. The first-order valence-electron chi connectivity index (χ1n) is 11.8. The first-order valence-corrected chi connectivity index (χ1v) is 11.8. The molecule has 0 bridgehead atoms. The van der Waals surface area contributed by atoms with Crippen molar-refractivity contribution < 1.29 is 0 Å². The highest BCUT2D eigenvalue weighted by molar-refractivity contribution is 6.75. The lowest BCUT2D eigenvalue weighted by molar-refractivity contribution is 0.375. The van der Waals surface area contributed by atoms with Crippen LogP contribution in [0.25, 0.3) is 11.2 Å². The van der Waals surface area contributed by atoms with Gasteiger partial charge in [-0.25, -0.2) is 4.98 Å². The molecule has 0 atom stereocenters. The Hall–Kier alpha value is -3.21. The number of para-hydroxylation sites is 1. The van der Waals surface area contributed by atoms with Crippen molar-refractivity contribution in [2.45, 2.75) is 54.0 Å². The molecule has 0 unspecified atom stereocenters. The summed E-state index contributed by atoms with van der Waals surface area (Å²) in [6, 6.07) is 23.7. The van der Waals surface area contributed by atoms with E-state index < -0.39 is 0 Å². The third-order valence-corrected chi connectivity index (χ3v) is 7.04. The smallest absolute Gasteiger partial charge is 0.307 e. The second-order valence-corrected chi connectivity index (χ2v) is 10.6. The molecule has 4 nitrogen and oxygen atoms in total. The van der Waals surface area contributed by atoms with E-state index >= 15 is 0 Å². The molecule has 5 rings (SSSR count). The van der Waals surface area contributed by atoms with Crippen molar-refractivity contribution >= 4 is 35.2 Å². The van der Waals surface area contributed by atoms with Gasteiger partial charge in [0.2, 0.25) is 0 Å². The van der Waals surface area contributed by atoms with Crippen LogP contribution in [0.3, 0.4) is 0 Å². The molecule has 3 heterocycles. The standard InChI is InChI=1S/C28H33BN4/c1-20-22-16-11-12-17-23(22)25(27(2,3)4)29(7)33(20)32-24-18-13-19-30-26(24)31(28(32,5)6)21-14-9-8-10-15-21/h8-19H,1-7H3. The fraction of sp³-hybridized carbons (Fsp3) is 0.321.